The van der Waals surface area contributed by atoms with E-state index in [9.17, 15) is 4.79 Å². The van der Waals surface area contributed by atoms with E-state index in [4.69, 9.17) is 4.74 Å². The van der Waals surface area contributed by atoms with Crippen LogP contribution in [-0.2, 0) is 11.2 Å². The predicted molar refractivity (Wildman–Crippen MR) is 82.3 cm³/mol. The Morgan fingerprint density at radius 2 is 2.29 bits per heavy atom. The summed E-state index contributed by atoms with van der Waals surface area (Å²) in [5.74, 6) is 1.52. The zero-order chi connectivity index (χ0) is 14.7. The number of amides is 1. The van der Waals surface area contributed by atoms with Gasteiger partial charge in [-0.3, -0.25) is 4.79 Å². The van der Waals surface area contributed by atoms with E-state index in [1.807, 2.05) is 24.3 Å². The van der Waals surface area contributed by atoms with E-state index in [0.717, 1.165) is 30.8 Å². The molecule has 0 saturated carbocycles. The summed E-state index contributed by atoms with van der Waals surface area (Å²) in [6.45, 7) is 4.71. The summed E-state index contributed by atoms with van der Waals surface area (Å²) >= 11 is 0. The standard InChI is InChI=1S/C17H24N2O2/c1-12(14-6-4-8-18-10-14)19-17(20)15-9-13-5-2-3-7-16(13)21-11-15/h2-3,5,7,12,14-15,18H,4,6,8-11H2,1H3,(H,19,20). The molecule has 2 heterocycles. The Kier molecular flexibility index (Phi) is 4.44. The second-order valence-electron chi connectivity index (χ2n) is 6.22. The number of rotatable bonds is 3. The molecule has 2 N–H and O–H groups in total. The van der Waals surface area contributed by atoms with Crippen LogP contribution in [0.3, 0.4) is 0 Å². The third-order valence-electron chi connectivity index (χ3n) is 4.66. The molecule has 1 aromatic rings. The molecule has 0 aliphatic carbocycles. The van der Waals surface area contributed by atoms with E-state index in [1.165, 1.54) is 12.8 Å². The molecule has 1 amide bonds. The summed E-state index contributed by atoms with van der Waals surface area (Å²) in [6.07, 6.45) is 3.17. The highest BCUT2D eigenvalue weighted by Crippen LogP contribution is 2.27. The van der Waals surface area contributed by atoms with Gasteiger partial charge in [0.05, 0.1) is 5.92 Å². The fraction of sp³-hybridized carbons (Fsp3) is 0.588. The molecule has 3 rings (SSSR count). The van der Waals surface area contributed by atoms with Gasteiger partial charge in [0.1, 0.15) is 12.4 Å². The van der Waals surface area contributed by atoms with E-state index >= 15 is 0 Å². The Labute approximate surface area is 126 Å². The van der Waals surface area contributed by atoms with Crippen LogP contribution in [0.15, 0.2) is 24.3 Å². The van der Waals surface area contributed by atoms with Crippen molar-refractivity contribution in [3.8, 4) is 5.75 Å². The molecule has 4 heteroatoms. The molecule has 2 aliphatic heterocycles. The van der Waals surface area contributed by atoms with Gasteiger partial charge in [0, 0.05) is 6.04 Å². The molecule has 21 heavy (non-hydrogen) atoms. The normalized spacial score (nSPS) is 26.3. The van der Waals surface area contributed by atoms with E-state index in [1.54, 1.807) is 0 Å². The molecule has 0 aromatic heterocycles. The Morgan fingerprint density at radius 1 is 1.43 bits per heavy atom. The van der Waals surface area contributed by atoms with E-state index in [-0.39, 0.29) is 17.9 Å². The fourth-order valence-electron chi connectivity index (χ4n) is 3.26. The van der Waals surface area contributed by atoms with Crippen LogP contribution < -0.4 is 15.4 Å². The summed E-state index contributed by atoms with van der Waals surface area (Å²) in [4.78, 5) is 12.4. The maximum absolute atomic E-state index is 12.4. The number of piperidine rings is 1. The van der Waals surface area contributed by atoms with Gasteiger partial charge in [-0.1, -0.05) is 18.2 Å². The van der Waals surface area contributed by atoms with Crippen molar-refractivity contribution < 1.29 is 9.53 Å². The van der Waals surface area contributed by atoms with Crippen molar-refractivity contribution in [2.45, 2.75) is 32.2 Å². The highest BCUT2D eigenvalue weighted by molar-refractivity contribution is 5.79. The van der Waals surface area contributed by atoms with Crippen LogP contribution in [-0.4, -0.2) is 31.6 Å². The van der Waals surface area contributed by atoms with Crippen molar-refractivity contribution in [3.05, 3.63) is 29.8 Å². The van der Waals surface area contributed by atoms with Crippen molar-refractivity contribution in [1.29, 1.82) is 0 Å². The molecule has 4 nitrogen and oxygen atoms in total. The molecule has 0 radical (unpaired) electrons. The summed E-state index contributed by atoms with van der Waals surface area (Å²) < 4.78 is 5.71. The Balaban J connectivity index is 1.56. The average molecular weight is 288 g/mol. The van der Waals surface area contributed by atoms with Gasteiger partial charge in [0.15, 0.2) is 0 Å². The molecule has 2 aliphatic rings. The second kappa shape index (κ2) is 6.48. The molecular formula is C17H24N2O2. The first-order valence-electron chi connectivity index (χ1n) is 7.96. The summed E-state index contributed by atoms with van der Waals surface area (Å²) in [5.41, 5.74) is 1.14. The number of benzene rings is 1. The minimum atomic E-state index is -0.0705. The van der Waals surface area contributed by atoms with E-state index in [0.29, 0.717) is 12.5 Å². The minimum Gasteiger partial charge on any atom is -0.492 e. The van der Waals surface area contributed by atoms with Crippen LogP contribution in [0.5, 0.6) is 5.75 Å². The lowest BCUT2D eigenvalue weighted by atomic mass is 9.91. The molecule has 0 spiro atoms. The monoisotopic (exact) mass is 288 g/mol. The van der Waals surface area contributed by atoms with Crippen LogP contribution in [0.25, 0.3) is 0 Å². The number of fused-ring (bicyclic) bond motifs is 1. The average Bonchev–Trinajstić information content (AvgIpc) is 2.55. The highest BCUT2D eigenvalue weighted by Gasteiger charge is 2.28. The zero-order valence-corrected chi connectivity index (χ0v) is 12.6. The Morgan fingerprint density at radius 3 is 3.10 bits per heavy atom. The van der Waals surface area contributed by atoms with Gasteiger partial charge in [-0.15, -0.1) is 0 Å². The fourth-order valence-corrected chi connectivity index (χ4v) is 3.26. The zero-order valence-electron chi connectivity index (χ0n) is 12.6. The first kappa shape index (κ1) is 14.4. The smallest absolute Gasteiger partial charge is 0.227 e. The van der Waals surface area contributed by atoms with Crippen LogP contribution >= 0.6 is 0 Å². The van der Waals surface area contributed by atoms with Crippen molar-refractivity contribution in [1.82, 2.24) is 10.6 Å². The van der Waals surface area contributed by atoms with Crippen molar-refractivity contribution in [2.75, 3.05) is 19.7 Å². The molecule has 3 unspecified atom stereocenters. The molecule has 1 aromatic carbocycles. The summed E-state index contributed by atoms with van der Waals surface area (Å²) in [6, 6.07) is 8.21. The Hall–Kier alpha value is -1.55. The third-order valence-corrected chi connectivity index (χ3v) is 4.66. The molecular weight excluding hydrogens is 264 g/mol. The van der Waals surface area contributed by atoms with Gasteiger partial charge in [-0.05, 0) is 56.8 Å². The first-order chi connectivity index (χ1) is 10.2. The van der Waals surface area contributed by atoms with Crippen molar-refractivity contribution >= 4 is 5.91 Å². The lowest BCUT2D eigenvalue weighted by molar-refractivity contribution is -0.127. The van der Waals surface area contributed by atoms with E-state index < -0.39 is 0 Å². The van der Waals surface area contributed by atoms with Crippen LogP contribution in [0.2, 0.25) is 0 Å². The molecule has 1 saturated heterocycles. The SMILES string of the molecule is CC(NC(=O)C1COc2ccccc2C1)C1CCCNC1. The number of hydrogen-bond acceptors (Lipinski definition) is 3. The quantitative estimate of drug-likeness (QED) is 0.891. The number of carbonyl (C=O) groups excluding carboxylic acids is 1. The largest absolute Gasteiger partial charge is 0.492 e. The number of ether oxygens (including phenoxy) is 1. The van der Waals surface area contributed by atoms with Crippen molar-refractivity contribution in [2.24, 2.45) is 11.8 Å². The highest BCUT2D eigenvalue weighted by atomic mass is 16.5. The number of para-hydroxylation sites is 1. The lowest BCUT2D eigenvalue weighted by Gasteiger charge is -2.31. The number of hydrogen-bond donors (Lipinski definition) is 2. The number of nitrogens with one attached hydrogen (secondary N) is 2. The van der Waals surface area contributed by atoms with Gasteiger partial charge in [-0.25, -0.2) is 0 Å². The van der Waals surface area contributed by atoms with Crippen molar-refractivity contribution in [3.63, 3.8) is 0 Å². The van der Waals surface area contributed by atoms with Gasteiger partial charge in [-0.2, -0.15) is 0 Å². The topological polar surface area (TPSA) is 50.4 Å². The van der Waals surface area contributed by atoms with Crippen LogP contribution in [0, 0.1) is 11.8 Å². The number of carbonyl (C=O) groups is 1. The molecule has 114 valence electrons. The summed E-state index contributed by atoms with van der Waals surface area (Å²) in [5, 5.41) is 6.60. The maximum Gasteiger partial charge on any atom is 0.227 e. The van der Waals surface area contributed by atoms with Gasteiger partial charge in [0.2, 0.25) is 5.91 Å². The molecule has 3 atom stereocenters. The maximum atomic E-state index is 12.4. The van der Waals surface area contributed by atoms with Crippen LogP contribution in [0.4, 0.5) is 0 Å². The van der Waals surface area contributed by atoms with Crippen LogP contribution in [0.1, 0.15) is 25.3 Å². The molecule has 1 fully saturated rings. The second-order valence-corrected chi connectivity index (χ2v) is 6.22. The summed E-state index contributed by atoms with van der Waals surface area (Å²) in [7, 11) is 0. The third kappa shape index (κ3) is 3.38. The lowest BCUT2D eigenvalue weighted by Crippen LogP contribution is -2.47. The van der Waals surface area contributed by atoms with Gasteiger partial charge in [0.25, 0.3) is 0 Å². The minimum absolute atomic E-state index is 0.0705. The van der Waals surface area contributed by atoms with E-state index in [2.05, 4.69) is 17.6 Å². The first-order valence-corrected chi connectivity index (χ1v) is 7.96. The Bertz CT molecular complexity index is 497. The van der Waals surface area contributed by atoms with Gasteiger partial charge >= 0.3 is 0 Å². The molecule has 0 bridgehead atoms. The predicted octanol–water partition coefficient (Wildman–Crippen LogP) is 1.74. The van der Waals surface area contributed by atoms with Gasteiger partial charge < -0.3 is 15.4 Å².